The van der Waals surface area contributed by atoms with Crippen LogP contribution in [0.25, 0.3) is 10.7 Å². The standard InChI is InChI=1S/C25H28ClN7O/c1-28-19-10-9-18(20(26)14-19)16-29-24(34)21(13-17-7-3-2-4-8-17)30-22-15-23(32-25(27)31-22)33-11-5-6-12-33/h5-6,9-12,14-15,17,21H,2-4,7-8,13,16H2,(H,29,34)(H3,27,30,31,32)/t21-/m1/s1. The van der Waals surface area contributed by atoms with E-state index in [9.17, 15) is 4.79 Å². The molecule has 3 aromatic rings. The molecular weight excluding hydrogens is 450 g/mol. The Morgan fingerprint density at radius 3 is 2.68 bits per heavy atom. The monoisotopic (exact) mass is 477 g/mol. The van der Waals surface area contributed by atoms with Crippen LogP contribution in [-0.4, -0.2) is 26.5 Å². The van der Waals surface area contributed by atoms with Gasteiger partial charge in [0.05, 0.1) is 6.57 Å². The minimum atomic E-state index is -0.476. The summed E-state index contributed by atoms with van der Waals surface area (Å²) in [7, 11) is 0. The van der Waals surface area contributed by atoms with E-state index < -0.39 is 6.04 Å². The smallest absolute Gasteiger partial charge is 0.242 e. The van der Waals surface area contributed by atoms with Crippen molar-refractivity contribution >= 4 is 35.0 Å². The third-order valence-electron chi connectivity index (χ3n) is 6.15. The molecule has 4 N–H and O–H groups in total. The second-order valence-corrected chi connectivity index (χ2v) is 9.01. The van der Waals surface area contributed by atoms with Gasteiger partial charge in [0.15, 0.2) is 5.69 Å². The number of anilines is 2. The highest BCUT2D eigenvalue weighted by Crippen LogP contribution is 2.29. The minimum Gasteiger partial charge on any atom is -0.368 e. The number of nitrogens with two attached hydrogens (primary N) is 1. The molecule has 0 spiro atoms. The number of carbonyl (C=O) groups is 1. The highest BCUT2D eigenvalue weighted by Gasteiger charge is 2.25. The zero-order valence-electron chi connectivity index (χ0n) is 18.9. The molecule has 34 heavy (non-hydrogen) atoms. The van der Waals surface area contributed by atoms with Crippen LogP contribution in [-0.2, 0) is 11.3 Å². The molecule has 4 rings (SSSR count). The fraction of sp³-hybridized carbons (Fsp3) is 0.360. The van der Waals surface area contributed by atoms with Crippen molar-refractivity contribution in [1.29, 1.82) is 0 Å². The van der Waals surface area contributed by atoms with Gasteiger partial charge in [-0.05, 0) is 36.1 Å². The van der Waals surface area contributed by atoms with E-state index in [-0.39, 0.29) is 18.4 Å². The Bertz CT molecular complexity index is 1170. The normalized spacial score (nSPS) is 14.8. The zero-order chi connectivity index (χ0) is 23.9. The van der Waals surface area contributed by atoms with E-state index in [0.717, 1.165) is 18.4 Å². The summed E-state index contributed by atoms with van der Waals surface area (Å²) in [6.45, 7) is 7.39. The first-order valence-corrected chi connectivity index (χ1v) is 11.9. The lowest BCUT2D eigenvalue weighted by Gasteiger charge is -2.27. The van der Waals surface area contributed by atoms with Crippen molar-refractivity contribution in [2.75, 3.05) is 11.1 Å². The summed E-state index contributed by atoms with van der Waals surface area (Å²) in [6, 6.07) is 10.2. The molecule has 8 nitrogen and oxygen atoms in total. The predicted octanol–water partition coefficient (Wildman–Crippen LogP) is 5.12. The Kier molecular flexibility index (Phi) is 7.65. The lowest BCUT2D eigenvalue weighted by atomic mass is 9.84. The Hall–Kier alpha value is -3.57. The van der Waals surface area contributed by atoms with Gasteiger partial charge in [-0.3, -0.25) is 4.79 Å². The molecule has 1 fully saturated rings. The number of hydrogen-bond donors (Lipinski definition) is 3. The highest BCUT2D eigenvalue weighted by atomic mass is 35.5. The summed E-state index contributed by atoms with van der Waals surface area (Å²) in [5, 5.41) is 6.77. The van der Waals surface area contributed by atoms with Crippen molar-refractivity contribution in [1.82, 2.24) is 19.9 Å². The van der Waals surface area contributed by atoms with Crippen LogP contribution in [0, 0.1) is 12.5 Å². The zero-order valence-corrected chi connectivity index (χ0v) is 19.6. The van der Waals surface area contributed by atoms with Crippen LogP contribution in [0.15, 0.2) is 48.8 Å². The number of nitrogens with one attached hydrogen (secondary N) is 2. The van der Waals surface area contributed by atoms with Crippen molar-refractivity contribution in [2.45, 2.75) is 51.1 Å². The van der Waals surface area contributed by atoms with E-state index in [1.54, 1.807) is 24.3 Å². The van der Waals surface area contributed by atoms with E-state index >= 15 is 0 Å². The molecule has 1 saturated carbocycles. The molecule has 1 aliphatic rings. The number of benzene rings is 1. The van der Waals surface area contributed by atoms with E-state index in [1.807, 2.05) is 29.1 Å². The minimum absolute atomic E-state index is 0.129. The lowest BCUT2D eigenvalue weighted by molar-refractivity contribution is -0.122. The summed E-state index contributed by atoms with van der Waals surface area (Å²) < 4.78 is 1.84. The van der Waals surface area contributed by atoms with Gasteiger partial charge in [0, 0.05) is 30.0 Å². The van der Waals surface area contributed by atoms with Crippen molar-refractivity contribution in [3.05, 3.63) is 70.8 Å². The topological polar surface area (TPSA) is 102 Å². The number of halogens is 1. The molecule has 1 amide bonds. The summed E-state index contributed by atoms with van der Waals surface area (Å²) in [6.07, 6.45) is 10.3. The largest absolute Gasteiger partial charge is 0.368 e. The molecule has 0 unspecified atom stereocenters. The van der Waals surface area contributed by atoms with Gasteiger partial charge in [0.2, 0.25) is 11.9 Å². The van der Waals surface area contributed by atoms with Crippen molar-refractivity contribution < 1.29 is 4.79 Å². The number of carbonyl (C=O) groups excluding carboxylic acids is 1. The van der Waals surface area contributed by atoms with Gasteiger partial charge in [0.25, 0.3) is 0 Å². The Morgan fingerprint density at radius 2 is 1.97 bits per heavy atom. The maximum Gasteiger partial charge on any atom is 0.242 e. The van der Waals surface area contributed by atoms with Crippen LogP contribution in [0.1, 0.15) is 44.1 Å². The number of rotatable bonds is 8. The van der Waals surface area contributed by atoms with Gasteiger partial charge in [-0.2, -0.15) is 9.97 Å². The third-order valence-corrected chi connectivity index (χ3v) is 6.50. The molecule has 1 atom stereocenters. The fourth-order valence-electron chi connectivity index (χ4n) is 4.37. The number of nitrogen functional groups attached to an aromatic ring is 1. The molecule has 176 valence electrons. The van der Waals surface area contributed by atoms with Crippen LogP contribution >= 0.6 is 11.6 Å². The van der Waals surface area contributed by atoms with Crippen LogP contribution in [0.2, 0.25) is 5.02 Å². The molecule has 1 aliphatic carbocycles. The molecule has 0 bridgehead atoms. The van der Waals surface area contributed by atoms with Crippen LogP contribution in [0.4, 0.5) is 17.5 Å². The molecule has 0 radical (unpaired) electrons. The van der Waals surface area contributed by atoms with Gasteiger partial charge in [0.1, 0.15) is 17.7 Å². The Morgan fingerprint density at radius 1 is 1.21 bits per heavy atom. The predicted molar refractivity (Wildman–Crippen MR) is 134 cm³/mol. The highest BCUT2D eigenvalue weighted by molar-refractivity contribution is 6.31. The molecule has 1 aromatic carbocycles. The average Bonchev–Trinajstić information content (AvgIpc) is 3.38. The van der Waals surface area contributed by atoms with Gasteiger partial charge in [-0.25, -0.2) is 4.85 Å². The van der Waals surface area contributed by atoms with E-state index in [4.69, 9.17) is 23.9 Å². The van der Waals surface area contributed by atoms with Crippen molar-refractivity contribution in [2.24, 2.45) is 5.92 Å². The second-order valence-electron chi connectivity index (χ2n) is 8.60. The first-order valence-electron chi connectivity index (χ1n) is 11.5. The summed E-state index contributed by atoms with van der Waals surface area (Å²) >= 11 is 6.30. The Labute approximate surface area is 204 Å². The summed E-state index contributed by atoms with van der Waals surface area (Å²) in [4.78, 5) is 25.3. The maximum atomic E-state index is 13.3. The number of amides is 1. The second kappa shape index (κ2) is 11.0. The van der Waals surface area contributed by atoms with Gasteiger partial charge in [-0.1, -0.05) is 55.8 Å². The molecule has 2 aromatic heterocycles. The number of hydrogen-bond acceptors (Lipinski definition) is 5. The lowest BCUT2D eigenvalue weighted by Crippen LogP contribution is -2.41. The van der Waals surface area contributed by atoms with Crippen molar-refractivity contribution in [3.8, 4) is 5.82 Å². The quantitative estimate of drug-likeness (QED) is 0.391. The van der Waals surface area contributed by atoms with Crippen LogP contribution in [0.5, 0.6) is 0 Å². The van der Waals surface area contributed by atoms with Crippen LogP contribution in [0.3, 0.4) is 0 Å². The molecule has 0 saturated heterocycles. The maximum absolute atomic E-state index is 13.3. The van der Waals surface area contributed by atoms with Crippen LogP contribution < -0.4 is 16.4 Å². The fourth-order valence-corrected chi connectivity index (χ4v) is 4.61. The summed E-state index contributed by atoms with van der Waals surface area (Å²) in [5.41, 5.74) is 7.20. The van der Waals surface area contributed by atoms with Gasteiger partial charge in [-0.15, -0.1) is 0 Å². The number of nitrogens with zero attached hydrogens (tertiary/aromatic N) is 4. The SMILES string of the molecule is [C-]#[N+]c1ccc(CNC(=O)[C@@H](CC2CCCCC2)Nc2cc(-n3cccc3)nc(N)n2)c(Cl)c1. The van der Waals surface area contributed by atoms with E-state index in [2.05, 4.69) is 25.4 Å². The Balaban J connectivity index is 1.51. The van der Waals surface area contributed by atoms with Crippen molar-refractivity contribution in [3.63, 3.8) is 0 Å². The molecule has 9 heteroatoms. The first kappa shape index (κ1) is 23.6. The number of aromatic nitrogens is 3. The third kappa shape index (κ3) is 6.06. The molecule has 2 heterocycles. The molecule has 0 aliphatic heterocycles. The summed E-state index contributed by atoms with van der Waals surface area (Å²) in [5.74, 6) is 1.62. The van der Waals surface area contributed by atoms with Gasteiger partial charge < -0.3 is 20.9 Å². The van der Waals surface area contributed by atoms with Gasteiger partial charge >= 0.3 is 0 Å². The van der Waals surface area contributed by atoms with E-state index in [0.29, 0.717) is 34.7 Å². The molecular formula is C25H28ClN7O. The van der Waals surface area contributed by atoms with E-state index in [1.165, 1.54) is 19.3 Å². The average molecular weight is 478 g/mol. The first-order chi connectivity index (χ1) is 16.5.